The van der Waals surface area contributed by atoms with E-state index in [0.29, 0.717) is 37.0 Å². The first-order chi connectivity index (χ1) is 12.5. The van der Waals surface area contributed by atoms with Crippen LogP contribution in [0, 0.1) is 5.92 Å². The molecule has 1 saturated carbocycles. The van der Waals surface area contributed by atoms with Gasteiger partial charge in [0.25, 0.3) is 0 Å². The number of carbonyl (C=O) groups is 1. The van der Waals surface area contributed by atoms with Crippen LogP contribution in [0.2, 0.25) is 0 Å². The molecule has 1 aromatic carbocycles. The lowest BCUT2D eigenvalue weighted by Crippen LogP contribution is -2.44. The SMILES string of the molecule is CC(C)CC(=O)N1Cc2ccccc2CC1c1nc(C2(N)CCC2)no1. The van der Waals surface area contributed by atoms with Crippen molar-refractivity contribution in [2.75, 3.05) is 0 Å². The molecule has 0 spiro atoms. The van der Waals surface area contributed by atoms with Crippen LogP contribution in [0.15, 0.2) is 28.8 Å². The maximum absolute atomic E-state index is 12.9. The number of hydrogen-bond acceptors (Lipinski definition) is 5. The third kappa shape index (κ3) is 3.03. The Balaban J connectivity index is 1.66. The second kappa shape index (κ2) is 6.50. The first-order valence-corrected chi connectivity index (χ1v) is 9.45. The van der Waals surface area contributed by atoms with Gasteiger partial charge in [0.05, 0.1) is 5.54 Å². The molecule has 6 nitrogen and oxygen atoms in total. The molecule has 2 aliphatic rings. The van der Waals surface area contributed by atoms with Gasteiger partial charge in [-0.2, -0.15) is 4.98 Å². The summed E-state index contributed by atoms with van der Waals surface area (Å²) in [5.74, 6) is 1.52. The molecule has 2 N–H and O–H groups in total. The number of nitrogens with zero attached hydrogens (tertiary/aromatic N) is 3. The number of nitrogens with two attached hydrogens (primary N) is 1. The monoisotopic (exact) mass is 354 g/mol. The Labute approximate surface area is 153 Å². The number of benzene rings is 1. The topological polar surface area (TPSA) is 85.2 Å². The van der Waals surface area contributed by atoms with Crippen molar-refractivity contribution in [3.8, 4) is 0 Å². The molecule has 0 bridgehead atoms. The zero-order valence-corrected chi connectivity index (χ0v) is 15.4. The summed E-state index contributed by atoms with van der Waals surface area (Å²) in [5.41, 5.74) is 8.30. The Hall–Kier alpha value is -2.21. The fourth-order valence-electron chi connectivity index (χ4n) is 3.83. The van der Waals surface area contributed by atoms with Crippen molar-refractivity contribution >= 4 is 5.91 Å². The number of fused-ring (bicyclic) bond motifs is 1. The fourth-order valence-corrected chi connectivity index (χ4v) is 3.83. The van der Waals surface area contributed by atoms with Crippen molar-refractivity contribution in [3.63, 3.8) is 0 Å². The van der Waals surface area contributed by atoms with Gasteiger partial charge in [-0.1, -0.05) is 43.3 Å². The molecule has 4 rings (SSSR count). The van der Waals surface area contributed by atoms with E-state index in [2.05, 4.69) is 36.1 Å². The first kappa shape index (κ1) is 17.2. The summed E-state index contributed by atoms with van der Waals surface area (Å²) >= 11 is 0. The molecule has 2 heterocycles. The molecule has 1 aliphatic heterocycles. The van der Waals surface area contributed by atoms with Gasteiger partial charge in [0.2, 0.25) is 11.8 Å². The smallest absolute Gasteiger partial charge is 0.249 e. The van der Waals surface area contributed by atoms with Gasteiger partial charge >= 0.3 is 0 Å². The van der Waals surface area contributed by atoms with E-state index in [1.165, 1.54) is 11.1 Å². The van der Waals surface area contributed by atoms with E-state index in [1.54, 1.807) is 0 Å². The summed E-state index contributed by atoms with van der Waals surface area (Å²) in [5, 5.41) is 4.15. The maximum atomic E-state index is 12.9. The van der Waals surface area contributed by atoms with Crippen LogP contribution >= 0.6 is 0 Å². The largest absolute Gasteiger partial charge is 0.337 e. The zero-order valence-electron chi connectivity index (χ0n) is 15.4. The minimum atomic E-state index is -0.457. The lowest BCUT2D eigenvalue weighted by atomic mass is 9.77. The maximum Gasteiger partial charge on any atom is 0.249 e. The molecule has 1 aromatic heterocycles. The predicted octanol–water partition coefficient (Wildman–Crippen LogP) is 3.08. The molecule has 1 aliphatic carbocycles. The van der Waals surface area contributed by atoms with Crippen LogP contribution < -0.4 is 5.73 Å². The van der Waals surface area contributed by atoms with Crippen LogP contribution in [0.5, 0.6) is 0 Å². The van der Waals surface area contributed by atoms with Gasteiger partial charge in [0.15, 0.2) is 5.82 Å². The summed E-state index contributed by atoms with van der Waals surface area (Å²) in [7, 11) is 0. The highest BCUT2D eigenvalue weighted by Gasteiger charge is 2.41. The van der Waals surface area contributed by atoms with E-state index < -0.39 is 5.54 Å². The summed E-state index contributed by atoms with van der Waals surface area (Å²) in [6.45, 7) is 4.70. The van der Waals surface area contributed by atoms with Gasteiger partial charge in [0.1, 0.15) is 6.04 Å². The van der Waals surface area contributed by atoms with Crippen molar-refractivity contribution < 1.29 is 9.32 Å². The third-order valence-corrected chi connectivity index (χ3v) is 5.57. The second-order valence-electron chi connectivity index (χ2n) is 8.07. The highest BCUT2D eigenvalue weighted by atomic mass is 16.5. The summed E-state index contributed by atoms with van der Waals surface area (Å²) < 4.78 is 5.59. The zero-order chi connectivity index (χ0) is 18.3. The van der Waals surface area contributed by atoms with Gasteiger partial charge in [-0.15, -0.1) is 0 Å². The number of rotatable bonds is 4. The van der Waals surface area contributed by atoms with Crippen molar-refractivity contribution in [1.82, 2.24) is 15.0 Å². The molecule has 6 heteroatoms. The van der Waals surface area contributed by atoms with Gasteiger partial charge in [-0.05, 0) is 36.3 Å². The number of aromatic nitrogens is 2. The van der Waals surface area contributed by atoms with Gasteiger partial charge in [-0.25, -0.2) is 0 Å². The number of hydrogen-bond donors (Lipinski definition) is 1. The molecule has 1 amide bonds. The van der Waals surface area contributed by atoms with E-state index >= 15 is 0 Å². The summed E-state index contributed by atoms with van der Waals surface area (Å²) in [4.78, 5) is 19.4. The second-order valence-corrected chi connectivity index (χ2v) is 8.07. The van der Waals surface area contributed by atoms with Gasteiger partial charge in [-0.3, -0.25) is 4.79 Å². The Morgan fingerprint density at radius 1 is 1.35 bits per heavy atom. The Kier molecular flexibility index (Phi) is 4.31. The van der Waals surface area contributed by atoms with E-state index in [1.807, 2.05) is 17.0 Å². The van der Waals surface area contributed by atoms with E-state index in [9.17, 15) is 4.79 Å². The van der Waals surface area contributed by atoms with E-state index in [-0.39, 0.29) is 11.9 Å². The molecule has 1 unspecified atom stereocenters. The lowest BCUT2D eigenvalue weighted by Gasteiger charge is -2.36. The highest BCUT2D eigenvalue weighted by molar-refractivity contribution is 5.77. The average Bonchev–Trinajstić information content (AvgIpc) is 3.08. The van der Waals surface area contributed by atoms with E-state index in [4.69, 9.17) is 10.3 Å². The Morgan fingerprint density at radius 3 is 2.73 bits per heavy atom. The summed E-state index contributed by atoms with van der Waals surface area (Å²) in [6, 6.07) is 8.03. The standard InChI is InChI=1S/C20H26N4O2/c1-13(2)10-17(25)24-12-15-7-4-3-6-14(15)11-16(24)18-22-19(23-26-18)20(21)8-5-9-20/h3-4,6-7,13,16H,5,8-12,21H2,1-2H3. The molecule has 1 fully saturated rings. The molecular formula is C20H26N4O2. The normalized spacial score (nSPS) is 21.4. The van der Waals surface area contributed by atoms with Crippen LogP contribution in [-0.4, -0.2) is 20.9 Å². The molecule has 0 radical (unpaired) electrons. The quantitative estimate of drug-likeness (QED) is 0.912. The first-order valence-electron chi connectivity index (χ1n) is 9.45. The molecule has 1 atom stereocenters. The molecule has 2 aromatic rings. The van der Waals surface area contributed by atoms with Gasteiger partial charge < -0.3 is 15.2 Å². The van der Waals surface area contributed by atoms with E-state index in [0.717, 1.165) is 19.3 Å². The van der Waals surface area contributed by atoms with Crippen LogP contribution in [0.25, 0.3) is 0 Å². The third-order valence-electron chi connectivity index (χ3n) is 5.57. The van der Waals surface area contributed by atoms with Crippen molar-refractivity contribution in [1.29, 1.82) is 0 Å². The summed E-state index contributed by atoms with van der Waals surface area (Å²) in [6.07, 6.45) is 4.07. The van der Waals surface area contributed by atoms with Crippen molar-refractivity contribution in [2.45, 2.75) is 64.1 Å². The average molecular weight is 354 g/mol. The minimum absolute atomic E-state index is 0.130. The number of carbonyl (C=O) groups excluding carboxylic acids is 1. The van der Waals surface area contributed by atoms with Crippen molar-refractivity contribution in [2.24, 2.45) is 11.7 Å². The minimum Gasteiger partial charge on any atom is -0.337 e. The molecular weight excluding hydrogens is 328 g/mol. The Bertz CT molecular complexity index is 810. The van der Waals surface area contributed by atoms with Crippen LogP contribution in [0.3, 0.4) is 0 Å². The van der Waals surface area contributed by atoms with Crippen molar-refractivity contribution in [3.05, 3.63) is 47.1 Å². The highest BCUT2D eigenvalue weighted by Crippen LogP contribution is 2.39. The van der Waals surface area contributed by atoms with Gasteiger partial charge in [0, 0.05) is 19.4 Å². The molecule has 138 valence electrons. The fraction of sp³-hybridized carbons (Fsp3) is 0.550. The lowest BCUT2D eigenvalue weighted by molar-refractivity contribution is -0.136. The Morgan fingerprint density at radius 2 is 2.08 bits per heavy atom. The van der Waals surface area contributed by atoms with Crippen LogP contribution in [0.4, 0.5) is 0 Å². The molecule has 26 heavy (non-hydrogen) atoms. The molecule has 0 saturated heterocycles. The van der Waals surface area contributed by atoms with Crippen LogP contribution in [-0.2, 0) is 23.3 Å². The predicted molar refractivity (Wildman–Crippen MR) is 96.9 cm³/mol. The van der Waals surface area contributed by atoms with Crippen LogP contribution in [0.1, 0.15) is 68.4 Å². The number of amides is 1.